The zero-order valence-corrected chi connectivity index (χ0v) is 18.2. The van der Waals surface area contributed by atoms with Gasteiger partial charge in [-0.3, -0.25) is 19.8 Å². The summed E-state index contributed by atoms with van der Waals surface area (Å²) >= 11 is 1.24. The number of aromatic nitrogens is 1. The number of non-ortho nitro benzene ring substituents is 1. The Balaban J connectivity index is 0.00000320. The largest absolute Gasteiger partial charge is 0.302 e. The van der Waals surface area contributed by atoms with Crippen LogP contribution in [0.2, 0.25) is 0 Å². The smallest absolute Gasteiger partial charge is 0.269 e. The summed E-state index contributed by atoms with van der Waals surface area (Å²) in [5, 5.41) is 11.3. The number of para-hydroxylation sites is 1. The molecule has 2 aromatic carbocycles. The van der Waals surface area contributed by atoms with Crippen molar-refractivity contribution in [1.29, 1.82) is 0 Å². The third kappa shape index (κ3) is 5.10. The highest BCUT2D eigenvalue weighted by molar-refractivity contribution is 7.22. The second-order valence-electron chi connectivity index (χ2n) is 6.37. The second-order valence-corrected chi connectivity index (χ2v) is 7.38. The molecule has 7 nitrogen and oxygen atoms in total. The number of halogens is 2. The minimum Gasteiger partial charge on any atom is -0.302 e. The molecular formula is C20H22ClFN4O3S. The molecule has 0 aliphatic heterocycles. The van der Waals surface area contributed by atoms with Crippen molar-refractivity contribution in [3.05, 3.63) is 64.0 Å². The Morgan fingerprint density at radius 3 is 2.37 bits per heavy atom. The summed E-state index contributed by atoms with van der Waals surface area (Å²) in [7, 11) is 0. The first kappa shape index (κ1) is 23.7. The highest BCUT2D eigenvalue weighted by atomic mass is 35.5. The lowest BCUT2D eigenvalue weighted by Gasteiger charge is -2.24. The summed E-state index contributed by atoms with van der Waals surface area (Å²) in [4.78, 5) is 31.6. The van der Waals surface area contributed by atoms with E-state index in [-0.39, 0.29) is 29.5 Å². The van der Waals surface area contributed by atoms with Gasteiger partial charge in [0.15, 0.2) is 5.13 Å². The minimum atomic E-state index is -0.511. The zero-order chi connectivity index (χ0) is 21.0. The van der Waals surface area contributed by atoms with Crippen LogP contribution in [0, 0.1) is 15.9 Å². The molecule has 0 unspecified atom stereocenters. The monoisotopic (exact) mass is 452 g/mol. The first-order valence-electron chi connectivity index (χ1n) is 9.28. The minimum absolute atomic E-state index is 0. The van der Waals surface area contributed by atoms with E-state index in [1.807, 2.05) is 13.8 Å². The SMILES string of the molecule is CCN(CC)CCN(C(=O)c1ccc([N+](=O)[O-])cc1)c1nc2c(F)cccc2s1.Cl. The van der Waals surface area contributed by atoms with Gasteiger partial charge in [-0.25, -0.2) is 9.37 Å². The van der Waals surface area contributed by atoms with Crippen LogP contribution >= 0.6 is 23.7 Å². The number of nitro benzene ring substituents is 1. The number of fused-ring (bicyclic) bond motifs is 1. The molecule has 0 atom stereocenters. The van der Waals surface area contributed by atoms with Crippen molar-refractivity contribution in [3.63, 3.8) is 0 Å². The highest BCUT2D eigenvalue weighted by Gasteiger charge is 2.23. The Labute approximate surface area is 183 Å². The number of nitro groups is 1. The summed E-state index contributed by atoms with van der Waals surface area (Å²) in [5.41, 5.74) is 0.463. The number of hydrogen-bond acceptors (Lipinski definition) is 6. The van der Waals surface area contributed by atoms with Gasteiger partial charge in [0.1, 0.15) is 11.3 Å². The Morgan fingerprint density at radius 2 is 1.80 bits per heavy atom. The van der Waals surface area contributed by atoms with Crippen LogP contribution in [0.3, 0.4) is 0 Å². The van der Waals surface area contributed by atoms with E-state index in [1.54, 1.807) is 12.1 Å². The summed E-state index contributed by atoms with van der Waals surface area (Å²) in [6.45, 7) is 6.76. The van der Waals surface area contributed by atoms with Crippen LogP contribution in [0.4, 0.5) is 15.2 Å². The fourth-order valence-corrected chi connectivity index (χ4v) is 3.97. The maximum absolute atomic E-state index is 14.1. The topological polar surface area (TPSA) is 79.6 Å². The third-order valence-corrected chi connectivity index (χ3v) is 5.74. The number of rotatable bonds is 8. The molecule has 160 valence electrons. The molecule has 30 heavy (non-hydrogen) atoms. The van der Waals surface area contributed by atoms with Crippen molar-refractivity contribution >= 4 is 50.7 Å². The van der Waals surface area contributed by atoms with Crippen LogP contribution in [0.15, 0.2) is 42.5 Å². The van der Waals surface area contributed by atoms with Gasteiger partial charge in [0, 0.05) is 30.8 Å². The van der Waals surface area contributed by atoms with E-state index in [2.05, 4.69) is 9.88 Å². The van der Waals surface area contributed by atoms with Gasteiger partial charge in [-0.2, -0.15) is 0 Å². The summed E-state index contributed by atoms with van der Waals surface area (Å²) in [6.07, 6.45) is 0. The predicted octanol–water partition coefficient (Wildman–Crippen LogP) is 4.75. The van der Waals surface area contributed by atoms with Gasteiger partial charge >= 0.3 is 0 Å². The van der Waals surface area contributed by atoms with Crippen molar-refractivity contribution in [3.8, 4) is 0 Å². The van der Waals surface area contributed by atoms with Crippen LogP contribution in [0.5, 0.6) is 0 Å². The molecule has 0 saturated carbocycles. The van der Waals surface area contributed by atoms with Crippen LogP contribution in [-0.2, 0) is 0 Å². The van der Waals surface area contributed by atoms with Crippen LogP contribution < -0.4 is 4.90 Å². The lowest BCUT2D eigenvalue weighted by Crippen LogP contribution is -2.38. The Hall–Kier alpha value is -2.62. The summed E-state index contributed by atoms with van der Waals surface area (Å²) in [5.74, 6) is -0.761. The van der Waals surface area contributed by atoms with Gasteiger partial charge in [-0.1, -0.05) is 31.3 Å². The molecule has 1 heterocycles. The first-order chi connectivity index (χ1) is 13.9. The highest BCUT2D eigenvalue weighted by Crippen LogP contribution is 2.31. The number of carbonyl (C=O) groups excluding carboxylic acids is 1. The van der Waals surface area contributed by atoms with Crippen molar-refractivity contribution in [1.82, 2.24) is 9.88 Å². The quantitative estimate of drug-likeness (QED) is 0.364. The second kappa shape index (κ2) is 10.4. The van der Waals surface area contributed by atoms with Gasteiger partial charge in [0.05, 0.1) is 9.62 Å². The molecular weight excluding hydrogens is 431 g/mol. The number of nitrogens with zero attached hydrogens (tertiary/aromatic N) is 4. The number of anilines is 1. The molecule has 0 radical (unpaired) electrons. The number of benzene rings is 2. The summed E-state index contributed by atoms with van der Waals surface area (Å²) < 4.78 is 14.8. The molecule has 1 amide bonds. The zero-order valence-electron chi connectivity index (χ0n) is 16.6. The van der Waals surface area contributed by atoms with Gasteiger partial charge in [-0.15, -0.1) is 12.4 Å². The van der Waals surface area contributed by atoms with E-state index in [4.69, 9.17) is 0 Å². The van der Waals surface area contributed by atoms with Gasteiger partial charge in [-0.05, 0) is 37.4 Å². The van der Waals surface area contributed by atoms with Crippen molar-refractivity contribution in [2.75, 3.05) is 31.1 Å². The molecule has 1 aromatic heterocycles. The van der Waals surface area contributed by atoms with Gasteiger partial charge in [0.25, 0.3) is 11.6 Å². The van der Waals surface area contributed by atoms with Crippen molar-refractivity contribution < 1.29 is 14.1 Å². The van der Waals surface area contributed by atoms with E-state index >= 15 is 0 Å². The Bertz CT molecular complexity index is 1020. The van der Waals surface area contributed by atoms with E-state index in [1.165, 1.54) is 46.6 Å². The van der Waals surface area contributed by atoms with Gasteiger partial charge in [0.2, 0.25) is 0 Å². The lowest BCUT2D eigenvalue weighted by molar-refractivity contribution is -0.384. The maximum atomic E-state index is 14.1. The fourth-order valence-electron chi connectivity index (χ4n) is 2.97. The molecule has 0 saturated heterocycles. The number of carbonyl (C=O) groups is 1. The van der Waals surface area contributed by atoms with Crippen LogP contribution in [0.25, 0.3) is 10.2 Å². The molecule has 10 heteroatoms. The van der Waals surface area contributed by atoms with Gasteiger partial charge < -0.3 is 4.90 Å². The lowest BCUT2D eigenvalue weighted by atomic mass is 10.2. The molecule has 0 aliphatic rings. The van der Waals surface area contributed by atoms with E-state index in [9.17, 15) is 19.3 Å². The van der Waals surface area contributed by atoms with E-state index in [0.29, 0.717) is 28.5 Å². The Kier molecular flexibility index (Phi) is 8.22. The third-order valence-electron chi connectivity index (χ3n) is 4.69. The molecule has 0 fully saturated rings. The molecule has 0 bridgehead atoms. The fraction of sp³-hybridized carbons (Fsp3) is 0.300. The molecule has 0 spiro atoms. The number of likely N-dealkylation sites (N-methyl/N-ethyl adjacent to an activating group) is 1. The number of hydrogen-bond donors (Lipinski definition) is 0. The summed E-state index contributed by atoms with van der Waals surface area (Å²) in [6, 6.07) is 10.2. The van der Waals surface area contributed by atoms with Crippen molar-refractivity contribution in [2.45, 2.75) is 13.8 Å². The predicted molar refractivity (Wildman–Crippen MR) is 119 cm³/mol. The average molecular weight is 453 g/mol. The molecule has 3 rings (SSSR count). The average Bonchev–Trinajstić information content (AvgIpc) is 3.16. The number of amides is 1. The standard InChI is InChI=1S/C20H21FN4O3S.ClH/c1-3-23(4-2)12-13-24(19(26)14-8-10-15(11-9-14)25(27)28)20-22-18-16(21)6-5-7-17(18)29-20;/h5-11H,3-4,12-13H2,1-2H3;1H. The number of thiazole rings is 1. The molecule has 0 aliphatic carbocycles. The van der Waals surface area contributed by atoms with E-state index < -0.39 is 10.7 Å². The first-order valence-corrected chi connectivity index (χ1v) is 10.1. The van der Waals surface area contributed by atoms with Crippen LogP contribution in [0.1, 0.15) is 24.2 Å². The molecule has 0 N–H and O–H groups in total. The van der Waals surface area contributed by atoms with E-state index in [0.717, 1.165) is 13.1 Å². The molecule has 3 aromatic rings. The normalized spacial score (nSPS) is 10.8. The maximum Gasteiger partial charge on any atom is 0.269 e. The Morgan fingerprint density at radius 1 is 1.13 bits per heavy atom. The van der Waals surface area contributed by atoms with Crippen LogP contribution in [-0.4, -0.2) is 46.9 Å². The van der Waals surface area contributed by atoms with Crippen molar-refractivity contribution in [2.24, 2.45) is 0 Å².